The molecule has 23 heavy (non-hydrogen) atoms. The smallest absolute Gasteiger partial charge is 0.258 e. The fourth-order valence-electron chi connectivity index (χ4n) is 1.86. The van der Waals surface area contributed by atoms with E-state index >= 15 is 0 Å². The maximum atomic E-state index is 11.7. The molecule has 2 rings (SSSR count). The van der Waals surface area contributed by atoms with Gasteiger partial charge in [-0.05, 0) is 20.3 Å². The minimum atomic E-state index is -0.157. The van der Waals surface area contributed by atoms with Crippen molar-refractivity contribution in [3.63, 3.8) is 0 Å². The highest BCUT2D eigenvalue weighted by Gasteiger charge is 2.13. The lowest BCUT2D eigenvalue weighted by Gasteiger charge is -2.11. The monoisotopic (exact) mass is 315 g/mol. The van der Waals surface area contributed by atoms with E-state index in [0.29, 0.717) is 23.9 Å². The SMILES string of the molecule is CCCCNC(=O)COc1nc(-c2cnccn2)nc(C)c1C. The Morgan fingerprint density at radius 3 is 2.78 bits per heavy atom. The van der Waals surface area contributed by atoms with Gasteiger partial charge in [0.2, 0.25) is 5.88 Å². The Morgan fingerprint density at radius 2 is 2.09 bits per heavy atom. The first-order valence-electron chi connectivity index (χ1n) is 7.63. The van der Waals surface area contributed by atoms with Gasteiger partial charge < -0.3 is 10.1 Å². The second-order valence-corrected chi connectivity index (χ2v) is 5.15. The Balaban J connectivity index is 2.09. The highest BCUT2D eigenvalue weighted by molar-refractivity contribution is 5.77. The average Bonchev–Trinajstić information content (AvgIpc) is 2.57. The van der Waals surface area contributed by atoms with Crippen LogP contribution in [0.2, 0.25) is 0 Å². The summed E-state index contributed by atoms with van der Waals surface area (Å²) in [6.07, 6.45) is 6.74. The zero-order valence-corrected chi connectivity index (χ0v) is 13.7. The van der Waals surface area contributed by atoms with Crippen molar-refractivity contribution in [1.29, 1.82) is 0 Å². The van der Waals surface area contributed by atoms with Gasteiger partial charge >= 0.3 is 0 Å². The third-order valence-electron chi connectivity index (χ3n) is 3.33. The molecule has 0 radical (unpaired) electrons. The molecule has 2 aromatic heterocycles. The minimum absolute atomic E-state index is 0.0685. The van der Waals surface area contributed by atoms with Crippen molar-refractivity contribution in [1.82, 2.24) is 25.3 Å². The van der Waals surface area contributed by atoms with Crippen LogP contribution in [0, 0.1) is 13.8 Å². The predicted molar refractivity (Wildman–Crippen MR) is 85.9 cm³/mol. The molecule has 0 spiro atoms. The first-order chi connectivity index (χ1) is 11.1. The molecule has 0 atom stereocenters. The van der Waals surface area contributed by atoms with Gasteiger partial charge in [0, 0.05) is 30.2 Å². The molecule has 0 aliphatic carbocycles. The number of hydrogen-bond donors (Lipinski definition) is 1. The summed E-state index contributed by atoms with van der Waals surface area (Å²) in [4.78, 5) is 28.7. The second kappa shape index (κ2) is 8.17. The first kappa shape index (κ1) is 16.8. The maximum Gasteiger partial charge on any atom is 0.258 e. The molecule has 0 aliphatic rings. The van der Waals surface area contributed by atoms with Gasteiger partial charge in [-0.25, -0.2) is 9.97 Å². The Labute approximate surface area is 135 Å². The normalized spacial score (nSPS) is 10.4. The Morgan fingerprint density at radius 1 is 1.26 bits per heavy atom. The summed E-state index contributed by atoms with van der Waals surface area (Å²) in [5.74, 6) is 0.668. The van der Waals surface area contributed by atoms with Gasteiger partial charge in [0.15, 0.2) is 12.4 Å². The highest BCUT2D eigenvalue weighted by atomic mass is 16.5. The fourth-order valence-corrected chi connectivity index (χ4v) is 1.86. The number of carbonyl (C=O) groups is 1. The molecule has 2 heterocycles. The number of ether oxygens (including phenoxy) is 1. The van der Waals surface area contributed by atoms with E-state index < -0.39 is 0 Å². The lowest BCUT2D eigenvalue weighted by Crippen LogP contribution is -2.30. The Hall–Kier alpha value is -2.57. The van der Waals surface area contributed by atoms with Crippen LogP contribution in [-0.2, 0) is 4.79 Å². The summed E-state index contributed by atoms with van der Waals surface area (Å²) in [5, 5.41) is 2.80. The van der Waals surface area contributed by atoms with Crippen LogP contribution in [0.25, 0.3) is 11.5 Å². The topological polar surface area (TPSA) is 89.9 Å². The molecule has 7 heteroatoms. The molecule has 0 aliphatic heterocycles. The first-order valence-corrected chi connectivity index (χ1v) is 7.63. The molecule has 1 N–H and O–H groups in total. The van der Waals surface area contributed by atoms with Crippen LogP contribution in [0.3, 0.4) is 0 Å². The van der Waals surface area contributed by atoms with Crippen LogP contribution >= 0.6 is 0 Å². The zero-order chi connectivity index (χ0) is 16.7. The van der Waals surface area contributed by atoms with Gasteiger partial charge in [-0.1, -0.05) is 13.3 Å². The van der Waals surface area contributed by atoms with Crippen LogP contribution in [-0.4, -0.2) is 39.0 Å². The van der Waals surface area contributed by atoms with Gasteiger partial charge in [-0.3, -0.25) is 9.78 Å². The quantitative estimate of drug-likeness (QED) is 0.784. The van der Waals surface area contributed by atoms with E-state index in [1.54, 1.807) is 18.6 Å². The Kier molecular flexibility index (Phi) is 5.96. The van der Waals surface area contributed by atoms with Crippen LogP contribution in [0.1, 0.15) is 31.0 Å². The number of nitrogens with zero attached hydrogens (tertiary/aromatic N) is 4. The molecule has 0 unspecified atom stereocenters. The minimum Gasteiger partial charge on any atom is -0.467 e. The molecule has 1 amide bonds. The number of unbranched alkanes of at least 4 members (excludes halogenated alkanes) is 1. The molecular weight excluding hydrogens is 294 g/mol. The molecule has 2 aromatic rings. The van der Waals surface area contributed by atoms with Gasteiger partial charge in [0.05, 0.1) is 6.20 Å². The summed E-state index contributed by atoms with van der Waals surface area (Å²) in [6.45, 7) is 6.39. The van der Waals surface area contributed by atoms with E-state index in [9.17, 15) is 4.79 Å². The standard InChI is InChI=1S/C16H21N5O2/c1-4-5-6-19-14(22)10-23-16-11(2)12(3)20-15(21-16)13-9-17-7-8-18-13/h7-9H,4-6,10H2,1-3H3,(H,19,22). The fraction of sp³-hybridized carbons (Fsp3) is 0.438. The van der Waals surface area contributed by atoms with Crippen molar-refractivity contribution in [2.75, 3.05) is 13.2 Å². The van der Waals surface area contributed by atoms with E-state index in [2.05, 4.69) is 32.2 Å². The number of nitrogens with one attached hydrogen (secondary N) is 1. The largest absolute Gasteiger partial charge is 0.467 e. The number of amides is 1. The summed E-state index contributed by atoms with van der Waals surface area (Å²) in [5.41, 5.74) is 2.15. The van der Waals surface area contributed by atoms with E-state index in [0.717, 1.165) is 24.1 Å². The number of aromatic nitrogens is 4. The van der Waals surface area contributed by atoms with E-state index in [1.807, 2.05) is 13.8 Å². The van der Waals surface area contributed by atoms with Crippen molar-refractivity contribution in [3.05, 3.63) is 29.8 Å². The van der Waals surface area contributed by atoms with Gasteiger partial charge in [0.1, 0.15) is 5.69 Å². The van der Waals surface area contributed by atoms with Crippen LogP contribution in [0.4, 0.5) is 0 Å². The average molecular weight is 315 g/mol. The van der Waals surface area contributed by atoms with Crippen molar-refractivity contribution in [2.45, 2.75) is 33.6 Å². The summed E-state index contributed by atoms with van der Waals surface area (Å²) < 4.78 is 5.56. The molecule has 122 valence electrons. The van der Waals surface area contributed by atoms with Gasteiger partial charge in [-0.15, -0.1) is 0 Å². The van der Waals surface area contributed by atoms with Crippen molar-refractivity contribution in [2.24, 2.45) is 0 Å². The van der Waals surface area contributed by atoms with E-state index in [-0.39, 0.29) is 12.5 Å². The second-order valence-electron chi connectivity index (χ2n) is 5.15. The summed E-state index contributed by atoms with van der Waals surface area (Å²) in [7, 11) is 0. The molecule has 7 nitrogen and oxygen atoms in total. The lowest BCUT2D eigenvalue weighted by atomic mass is 10.2. The van der Waals surface area contributed by atoms with Crippen LogP contribution in [0.5, 0.6) is 5.88 Å². The third-order valence-corrected chi connectivity index (χ3v) is 3.33. The molecule has 0 saturated heterocycles. The van der Waals surface area contributed by atoms with Crippen molar-refractivity contribution >= 4 is 5.91 Å². The van der Waals surface area contributed by atoms with E-state index in [4.69, 9.17) is 4.74 Å². The molecule has 0 bridgehead atoms. The van der Waals surface area contributed by atoms with Crippen LogP contribution < -0.4 is 10.1 Å². The lowest BCUT2D eigenvalue weighted by molar-refractivity contribution is -0.123. The Bertz CT molecular complexity index is 661. The number of aryl methyl sites for hydroxylation is 1. The van der Waals surface area contributed by atoms with Crippen LogP contribution in [0.15, 0.2) is 18.6 Å². The zero-order valence-electron chi connectivity index (χ0n) is 13.7. The predicted octanol–water partition coefficient (Wildman–Crippen LogP) is 1.85. The molecule has 0 aromatic carbocycles. The van der Waals surface area contributed by atoms with Gasteiger partial charge in [0.25, 0.3) is 5.91 Å². The van der Waals surface area contributed by atoms with E-state index in [1.165, 1.54) is 0 Å². The molecule has 0 saturated carbocycles. The third kappa shape index (κ3) is 4.70. The van der Waals surface area contributed by atoms with Crippen molar-refractivity contribution < 1.29 is 9.53 Å². The summed E-state index contributed by atoms with van der Waals surface area (Å²) >= 11 is 0. The molecular formula is C16H21N5O2. The van der Waals surface area contributed by atoms with Crippen molar-refractivity contribution in [3.8, 4) is 17.4 Å². The highest BCUT2D eigenvalue weighted by Crippen LogP contribution is 2.21. The number of carbonyl (C=O) groups excluding carboxylic acids is 1. The summed E-state index contributed by atoms with van der Waals surface area (Å²) in [6, 6.07) is 0. The van der Waals surface area contributed by atoms with Gasteiger partial charge in [-0.2, -0.15) is 4.98 Å². The maximum absolute atomic E-state index is 11.7. The molecule has 0 fully saturated rings. The number of hydrogen-bond acceptors (Lipinski definition) is 6. The number of rotatable bonds is 7.